The highest BCUT2D eigenvalue weighted by molar-refractivity contribution is 9.10. The third-order valence-corrected chi connectivity index (χ3v) is 4.15. The molecule has 1 fully saturated rings. The fourth-order valence-corrected chi connectivity index (χ4v) is 2.74. The zero-order valence-corrected chi connectivity index (χ0v) is 11.7. The molecule has 0 radical (unpaired) electrons. The van der Waals surface area contributed by atoms with E-state index < -0.39 is 0 Å². The van der Waals surface area contributed by atoms with Gasteiger partial charge >= 0.3 is 0 Å². The van der Waals surface area contributed by atoms with Crippen LogP contribution in [0.4, 0.5) is 4.39 Å². The fraction of sp³-hybridized carbons (Fsp3) is 0.538. The molecule has 1 unspecified atom stereocenters. The first kappa shape index (κ1) is 12.8. The lowest BCUT2D eigenvalue weighted by Crippen LogP contribution is -2.30. The number of ether oxygens (including phenoxy) is 1. The molecule has 0 heterocycles. The van der Waals surface area contributed by atoms with E-state index in [1.807, 2.05) is 13.1 Å². The molecule has 4 heteroatoms. The lowest BCUT2D eigenvalue weighted by atomic mass is 9.77. The summed E-state index contributed by atoms with van der Waals surface area (Å²) in [5.74, 6) is 0.970. The van der Waals surface area contributed by atoms with E-state index in [0.29, 0.717) is 16.1 Å². The van der Waals surface area contributed by atoms with Crippen molar-refractivity contribution >= 4 is 15.9 Å². The second-order valence-corrected chi connectivity index (χ2v) is 5.32. The van der Waals surface area contributed by atoms with Gasteiger partial charge in [0.25, 0.3) is 0 Å². The molecule has 1 aliphatic carbocycles. The average molecular weight is 302 g/mol. The molecule has 0 aliphatic heterocycles. The van der Waals surface area contributed by atoms with E-state index >= 15 is 0 Å². The van der Waals surface area contributed by atoms with E-state index in [0.717, 1.165) is 5.56 Å². The molecule has 1 N–H and O–H groups in total. The largest absolute Gasteiger partial charge is 0.496 e. The third-order valence-electron chi connectivity index (χ3n) is 3.54. The van der Waals surface area contributed by atoms with Crippen LogP contribution in [0.2, 0.25) is 0 Å². The quantitative estimate of drug-likeness (QED) is 0.916. The minimum Gasteiger partial charge on any atom is -0.496 e. The van der Waals surface area contributed by atoms with Crippen LogP contribution in [0.5, 0.6) is 5.75 Å². The Labute approximate surface area is 110 Å². The summed E-state index contributed by atoms with van der Waals surface area (Å²) in [6, 6.07) is 3.52. The summed E-state index contributed by atoms with van der Waals surface area (Å²) in [4.78, 5) is 0. The molecule has 94 valence electrons. The van der Waals surface area contributed by atoms with Crippen molar-refractivity contribution in [2.75, 3.05) is 14.2 Å². The highest BCUT2D eigenvalue weighted by atomic mass is 79.9. The summed E-state index contributed by atoms with van der Waals surface area (Å²) in [6.07, 6.45) is 3.74. The molecule has 1 aromatic carbocycles. The molecule has 1 aliphatic rings. The first-order valence-corrected chi connectivity index (χ1v) is 6.67. The zero-order valence-electron chi connectivity index (χ0n) is 10.1. The van der Waals surface area contributed by atoms with Crippen LogP contribution in [0, 0.1) is 11.7 Å². The van der Waals surface area contributed by atoms with Crippen LogP contribution < -0.4 is 10.1 Å². The number of rotatable bonds is 4. The topological polar surface area (TPSA) is 21.3 Å². The molecule has 0 saturated heterocycles. The Morgan fingerprint density at radius 1 is 1.47 bits per heavy atom. The van der Waals surface area contributed by atoms with Crippen molar-refractivity contribution in [1.82, 2.24) is 5.32 Å². The number of halogens is 2. The van der Waals surface area contributed by atoms with Crippen molar-refractivity contribution in [3.05, 3.63) is 28.0 Å². The molecule has 1 saturated carbocycles. The summed E-state index contributed by atoms with van der Waals surface area (Å²) >= 11 is 3.24. The maximum Gasteiger partial charge on any atom is 0.141 e. The van der Waals surface area contributed by atoms with Gasteiger partial charge in [0.15, 0.2) is 0 Å². The van der Waals surface area contributed by atoms with E-state index in [-0.39, 0.29) is 11.9 Å². The molecule has 0 spiro atoms. The van der Waals surface area contributed by atoms with E-state index in [9.17, 15) is 4.39 Å². The number of hydrogen-bond acceptors (Lipinski definition) is 2. The van der Waals surface area contributed by atoms with Gasteiger partial charge in [-0.2, -0.15) is 0 Å². The predicted molar refractivity (Wildman–Crippen MR) is 69.8 cm³/mol. The molecule has 2 nitrogen and oxygen atoms in total. The standard InChI is InChI=1S/C13H17BrFNO/c1-16-13(8-4-3-5-8)9-6-10(14)11(15)7-12(9)17-2/h6-8,13,16H,3-5H2,1-2H3. The Hall–Kier alpha value is -0.610. The van der Waals surface area contributed by atoms with Gasteiger partial charge in [0.1, 0.15) is 11.6 Å². The lowest BCUT2D eigenvalue weighted by Gasteiger charge is -2.34. The number of benzene rings is 1. The smallest absolute Gasteiger partial charge is 0.141 e. The molecule has 17 heavy (non-hydrogen) atoms. The minimum atomic E-state index is -0.283. The summed E-state index contributed by atoms with van der Waals surface area (Å²) in [7, 11) is 3.53. The number of hydrogen-bond donors (Lipinski definition) is 1. The second kappa shape index (κ2) is 5.36. The minimum absolute atomic E-state index is 0.246. The summed E-state index contributed by atoms with van der Waals surface area (Å²) in [5.41, 5.74) is 1.04. The highest BCUT2D eigenvalue weighted by Crippen LogP contribution is 2.41. The van der Waals surface area contributed by atoms with Crippen molar-refractivity contribution < 1.29 is 9.13 Å². The Bertz CT molecular complexity index is 407. The number of nitrogens with one attached hydrogen (secondary N) is 1. The molecule has 1 aromatic rings. The van der Waals surface area contributed by atoms with Crippen LogP contribution in [0.25, 0.3) is 0 Å². The van der Waals surface area contributed by atoms with Crippen LogP contribution in [0.3, 0.4) is 0 Å². The second-order valence-electron chi connectivity index (χ2n) is 4.47. The van der Waals surface area contributed by atoms with Gasteiger partial charge in [-0.3, -0.25) is 0 Å². The Morgan fingerprint density at radius 2 is 2.18 bits per heavy atom. The maximum atomic E-state index is 13.5. The lowest BCUT2D eigenvalue weighted by molar-refractivity contribution is 0.234. The summed E-state index contributed by atoms with van der Waals surface area (Å²) in [5, 5.41) is 3.32. The van der Waals surface area contributed by atoms with Gasteiger partial charge in [0, 0.05) is 17.7 Å². The van der Waals surface area contributed by atoms with Gasteiger partial charge in [-0.1, -0.05) is 6.42 Å². The van der Waals surface area contributed by atoms with Gasteiger partial charge in [0.2, 0.25) is 0 Å². The SMILES string of the molecule is CNC(c1cc(Br)c(F)cc1OC)C1CCC1. The Kier molecular flexibility index (Phi) is 4.05. The maximum absolute atomic E-state index is 13.5. The van der Waals surface area contributed by atoms with E-state index in [1.165, 1.54) is 25.3 Å². The van der Waals surface area contributed by atoms with Crippen molar-refractivity contribution in [3.63, 3.8) is 0 Å². The fourth-order valence-electron chi connectivity index (χ4n) is 2.38. The molecule has 0 aromatic heterocycles. The first-order valence-electron chi connectivity index (χ1n) is 5.87. The van der Waals surface area contributed by atoms with Crippen molar-refractivity contribution in [2.24, 2.45) is 5.92 Å². The molecule has 1 atom stereocenters. The van der Waals surface area contributed by atoms with Crippen molar-refractivity contribution in [2.45, 2.75) is 25.3 Å². The summed E-state index contributed by atoms with van der Waals surface area (Å²) < 4.78 is 19.2. The first-order chi connectivity index (χ1) is 8.17. The van der Waals surface area contributed by atoms with Gasteiger partial charge in [-0.15, -0.1) is 0 Å². The Morgan fingerprint density at radius 3 is 2.65 bits per heavy atom. The van der Waals surface area contributed by atoms with E-state index in [4.69, 9.17) is 4.74 Å². The van der Waals surface area contributed by atoms with Gasteiger partial charge in [-0.25, -0.2) is 4.39 Å². The predicted octanol–water partition coefficient (Wildman–Crippen LogP) is 3.66. The molecule has 0 amide bonds. The van der Waals surface area contributed by atoms with Crippen LogP contribution in [0.1, 0.15) is 30.9 Å². The third kappa shape index (κ3) is 2.47. The van der Waals surface area contributed by atoms with Crippen LogP contribution in [0.15, 0.2) is 16.6 Å². The highest BCUT2D eigenvalue weighted by Gasteiger charge is 2.29. The van der Waals surface area contributed by atoms with Crippen LogP contribution >= 0.6 is 15.9 Å². The van der Waals surface area contributed by atoms with Gasteiger partial charge in [0.05, 0.1) is 11.6 Å². The van der Waals surface area contributed by atoms with Crippen LogP contribution in [-0.2, 0) is 0 Å². The average Bonchev–Trinajstić information content (AvgIpc) is 2.26. The number of methoxy groups -OCH3 is 1. The normalized spacial score (nSPS) is 17.6. The van der Waals surface area contributed by atoms with Crippen LogP contribution in [-0.4, -0.2) is 14.2 Å². The van der Waals surface area contributed by atoms with E-state index in [2.05, 4.69) is 21.2 Å². The Balaban J connectivity index is 2.37. The molecule has 2 rings (SSSR count). The van der Waals surface area contributed by atoms with Gasteiger partial charge in [-0.05, 0) is 47.8 Å². The van der Waals surface area contributed by atoms with E-state index in [1.54, 1.807) is 7.11 Å². The van der Waals surface area contributed by atoms with Crippen molar-refractivity contribution in [1.29, 1.82) is 0 Å². The van der Waals surface area contributed by atoms with Gasteiger partial charge < -0.3 is 10.1 Å². The molecular formula is C13H17BrFNO. The zero-order chi connectivity index (χ0) is 12.4. The monoisotopic (exact) mass is 301 g/mol. The molecular weight excluding hydrogens is 285 g/mol. The van der Waals surface area contributed by atoms with Crippen molar-refractivity contribution in [3.8, 4) is 5.75 Å². The molecule has 0 bridgehead atoms. The summed E-state index contributed by atoms with van der Waals surface area (Å²) in [6.45, 7) is 0.